The third-order valence-corrected chi connectivity index (χ3v) is 1.65. The molecule has 0 aromatic rings. The van der Waals surface area contributed by atoms with E-state index in [4.69, 9.17) is 15.5 Å². The molecule has 0 bridgehead atoms. The molecular weight excluding hydrogens is 160 g/mol. The summed E-state index contributed by atoms with van der Waals surface area (Å²) in [5.74, 6) is 0. The van der Waals surface area contributed by atoms with E-state index in [1.165, 1.54) is 0 Å². The molecule has 0 aliphatic carbocycles. The van der Waals surface area contributed by atoms with Gasteiger partial charge in [-0.3, -0.25) is 5.26 Å². The Morgan fingerprint density at radius 2 is 2.00 bits per heavy atom. The van der Waals surface area contributed by atoms with Gasteiger partial charge in [-0.2, -0.15) is 0 Å². The van der Waals surface area contributed by atoms with Crippen LogP contribution in [0.5, 0.6) is 0 Å². The molecule has 0 heterocycles. The lowest BCUT2D eigenvalue weighted by Gasteiger charge is -2.12. The molecule has 0 aliphatic heterocycles. The molecule has 0 spiro atoms. The van der Waals surface area contributed by atoms with Gasteiger partial charge in [0.1, 0.15) is 6.10 Å². The molecule has 1 atom stereocenters. The molecule has 0 rings (SSSR count). The van der Waals surface area contributed by atoms with Crippen LogP contribution in [-0.2, 0) is 4.89 Å². The van der Waals surface area contributed by atoms with Crippen molar-refractivity contribution in [2.75, 3.05) is 13.2 Å². The van der Waals surface area contributed by atoms with Crippen molar-refractivity contribution in [1.29, 1.82) is 0 Å². The number of rotatable bonds is 7. The lowest BCUT2D eigenvalue weighted by molar-refractivity contribution is -0.274. The van der Waals surface area contributed by atoms with Crippen LogP contribution in [0.2, 0.25) is 0 Å². The Morgan fingerprint density at radius 3 is 2.42 bits per heavy atom. The van der Waals surface area contributed by atoms with E-state index in [9.17, 15) is 0 Å². The molecule has 0 amide bonds. The summed E-state index contributed by atoms with van der Waals surface area (Å²) in [7, 11) is 0. The summed E-state index contributed by atoms with van der Waals surface area (Å²) in [6.07, 6.45) is 1.44. The van der Waals surface area contributed by atoms with Crippen LogP contribution in [0.4, 0.5) is 0 Å². The monoisotopic (exact) mass is 176 g/mol. The number of hydrogen-bond donors (Lipinski definition) is 3. The molecule has 0 aromatic heterocycles. The Bertz CT molecular complexity index is 120. The van der Waals surface area contributed by atoms with Gasteiger partial charge in [0.15, 0.2) is 0 Å². The lowest BCUT2D eigenvalue weighted by atomic mass is 10.1. The minimum Gasteiger partial charge on any atom is -0.396 e. The van der Waals surface area contributed by atoms with Crippen molar-refractivity contribution in [3.05, 3.63) is 12.2 Å². The van der Waals surface area contributed by atoms with E-state index in [0.29, 0.717) is 18.4 Å². The molecule has 72 valence electrons. The number of aliphatic hydroxyl groups is 2. The standard InChI is InChI=1S/C8H16O4/c1-7(4-2-3-5-9)8(6-10)12-11/h8-11H,1-6H2. The van der Waals surface area contributed by atoms with Gasteiger partial charge < -0.3 is 10.2 Å². The van der Waals surface area contributed by atoms with Gasteiger partial charge in [0.25, 0.3) is 0 Å². The van der Waals surface area contributed by atoms with E-state index < -0.39 is 6.10 Å². The van der Waals surface area contributed by atoms with E-state index >= 15 is 0 Å². The van der Waals surface area contributed by atoms with Crippen molar-refractivity contribution in [3.63, 3.8) is 0 Å². The van der Waals surface area contributed by atoms with Gasteiger partial charge in [-0.05, 0) is 24.8 Å². The summed E-state index contributed by atoms with van der Waals surface area (Å²) in [4.78, 5) is 3.98. The summed E-state index contributed by atoms with van der Waals surface area (Å²) in [5.41, 5.74) is 0.647. The van der Waals surface area contributed by atoms with Crippen molar-refractivity contribution >= 4 is 0 Å². The van der Waals surface area contributed by atoms with Crippen molar-refractivity contribution < 1.29 is 20.4 Å². The largest absolute Gasteiger partial charge is 0.396 e. The summed E-state index contributed by atoms with van der Waals surface area (Å²) in [6, 6.07) is 0. The summed E-state index contributed by atoms with van der Waals surface area (Å²) >= 11 is 0. The van der Waals surface area contributed by atoms with Crippen LogP contribution in [0, 0.1) is 0 Å². The van der Waals surface area contributed by atoms with Gasteiger partial charge >= 0.3 is 0 Å². The van der Waals surface area contributed by atoms with Crippen molar-refractivity contribution in [2.45, 2.75) is 25.4 Å². The Kier molecular flexibility index (Phi) is 6.99. The topological polar surface area (TPSA) is 69.9 Å². The average molecular weight is 176 g/mol. The second kappa shape index (κ2) is 7.24. The van der Waals surface area contributed by atoms with E-state index in [1.54, 1.807) is 0 Å². The third kappa shape index (κ3) is 4.46. The molecule has 1 unspecified atom stereocenters. The molecular formula is C8H16O4. The molecule has 4 heteroatoms. The molecule has 0 radical (unpaired) electrons. The van der Waals surface area contributed by atoms with Crippen molar-refractivity contribution in [2.24, 2.45) is 0 Å². The lowest BCUT2D eigenvalue weighted by Crippen LogP contribution is -2.18. The second-order valence-corrected chi connectivity index (χ2v) is 2.62. The SMILES string of the molecule is C=C(CCCCO)C(CO)OO. The molecule has 4 nitrogen and oxygen atoms in total. The van der Waals surface area contributed by atoms with Crippen LogP contribution in [0.1, 0.15) is 19.3 Å². The van der Waals surface area contributed by atoms with E-state index in [1.807, 2.05) is 0 Å². The first-order valence-corrected chi connectivity index (χ1v) is 3.95. The van der Waals surface area contributed by atoms with Gasteiger partial charge in [-0.15, -0.1) is 0 Å². The highest BCUT2D eigenvalue weighted by molar-refractivity contribution is 5.01. The first-order valence-electron chi connectivity index (χ1n) is 3.95. The fraction of sp³-hybridized carbons (Fsp3) is 0.750. The van der Waals surface area contributed by atoms with E-state index in [2.05, 4.69) is 11.5 Å². The predicted molar refractivity (Wildman–Crippen MR) is 44.7 cm³/mol. The maximum atomic E-state index is 8.66. The molecule has 0 saturated carbocycles. The fourth-order valence-electron chi connectivity index (χ4n) is 0.862. The third-order valence-electron chi connectivity index (χ3n) is 1.65. The number of unbranched alkanes of at least 4 members (excludes halogenated alkanes) is 1. The summed E-state index contributed by atoms with van der Waals surface area (Å²) in [6.45, 7) is 3.52. The van der Waals surface area contributed by atoms with Crippen LogP contribution in [0.15, 0.2) is 12.2 Å². The highest BCUT2D eigenvalue weighted by Crippen LogP contribution is 2.11. The molecule has 0 fully saturated rings. The van der Waals surface area contributed by atoms with E-state index in [0.717, 1.165) is 6.42 Å². The second-order valence-electron chi connectivity index (χ2n) is 2.62. The van der Waals surface area contributed by atoms with Crippen LogP contribution in [-0.4, -0.2) is 34.8 Å². The zero-order valence-electron chi connectivity index (χ0n) is 7.07. The molecule has 3 N–H and O–H groups in total. The highest BCUT2D eigenvalue weighted by atomic mass is 17.1. The molecule has 0 saturated heterocycles. The zero-order chi connectivity index (χ0) is 9.40. The van der Waals surface area contributed by atoms with Crippen LogP contribution in [0.3, 0.4) is 0 Å². The Morgan fingerprint density at radius 1 is 1.33 bits per heavy atom. The Balaban J connectivity index is 3.54. The molecule has 0 aromatic carbocycles. The maximum absolute atomic E-state index is 8.66. The van der Waals surface area contributed by atoms with Gasteiger partial charge in [0.2, 0.25) is 0 Å². The summed E-state index contributed by atoms with van der Waals surface area (Å²) < 4.78 is 0. The normalized spacial score (nSPS) is 12.9. The Labute approximate surface area is 72.0 Å². The quantitative estimate of drug-likeness (QED) is 0.229. The minimum absolute atomic E-state index is 0.150. The van der Waals surface area contributed by atoms with Crippen molar-refractivity contribution in [1.82, 2.24) is 0 Å². The van der Waals surface area contributed by atoms with Crippen LogP contribution < -0.4 is 0 Å². The zero-order valence-corrected chi connectivity index (χ0v) is 7.07. The van der Waals surface area contributed by atoms with Gasteiger partial charge in [-0.1, -0.05) is 6.58 Å². The number of aliphatic hydroxyl groups excluding tert-OH is 2. The molecule has 12 heavy (non-hydrogen) atoms. The van der Waals surface area contributed by atoms with Gasteiger partial charge in [-0.25, -0.2) is 4.89 Å². The first-order chi connectivity index (χ1) is 5.76. The van der Waals surface area contributed by atoms with Gasteiger partial charge in [0.05, 0.1) is 6.61 Å². The minimum atomic E-state index is -0.691. The maximum Gasteiger partial charge on any atom is 0.136 e. The summed E-state index contributed by atoms with van der Waals surface area (Å²) in [5, 5.41) is 25.4. The highest BCUT2D eigenvalue weighted by Gasteiger charge is 2.10. The predicted octanol–water partition coefficient (Wildman–Crippen LogP) is 0.556. The van der Waals surface area contributed by atoms with Gasteiger partial charge in [0, 0.05) is 6.61 Å². The van der Waals surface area contributed by atoms with Crippen molar-refractivity contribution in [3.8, 4) is 0 Å². The first kappa shape index (κ1) is 11.6. The fourth-order valence-corrected chi connectivity index (χ4v) is 0.862. The number of hydrogen-bond acceptors (Lipinski definition) is 4. The Hall–Kier alpha value is -0.420. The van der Waals surface area contributed by atoms with Crippen LogP contribution >= 0.6 is 0 Å². The van der Waals surface area contributed by atoms with Crippen LogP contribution in [0.25, 0.3) is 0 Å². The average Bonchev–Trinajstić information content (AvgIpc) is 2.07. The smallest absolute Gasteiger partial charge is 0.136 e. The van der Waals surface area contributed by atoms with E-state index in [-0.39, 0.29) is 13.2 Å². The molecule has 0 aliphatic rings.